The maximum absolute atomic E-state index is 13.9. The van der Waals surface area contributed by atoms with Crippen LogP contribution in [0, 0.1) is 5.82 Å². The molecule has 1 fully saturated rings. The van der Waals surface area contributed by atoms with E-state index in [2.05, 4.69) is 15.6 Å². The third-order valence-corrected chi connectivity index (χ3v) is 2.93. The van der Waals surface area contributed by atoms with Gasteiger partial charge in [0.05, 0.1) is 5.56 Å². The van der Waals surface area contributed by atoms with Gasteiger partial charge in [0.2, 0.25) is 0 Å². The average Bonchev–Trinajstić information content (AvgIpc) is 2.40. The maximum Gasteiger partial charge on any atom is 0.254 e. The second-order valence-corrected chi connectivity index (χ2v) is 4.13. The van der Waals surface area contributed by atoms with Crippen LogP contribution >= 0.6 is 0 Å². The van der Waals surface area contributed by atoms with Gasteiger partial charge in [-0.25, -0.2) is 9.37 Å². The summed E-state index contributed by atoms with van der Waals surface area (Å²) < 4.78 is 19.1. The summed E-state index contributed by atoms with van der Waals surface area (Å²) in [5.41, 5.74) is 0.0147. The Morgan fingerprint density at radius 1 is 1.50 bits per heavy atom. The normalized spacial score (nSPS) is 16.3. The lowest BCUT2D eigenvalue weighted by atomic mass is 10.1. The monoisotopic (exact) mass is 253 g/mol. The number of aromatic nitrogens is 1. The quantitative estimate of drug-likeness (QED) is 0.849. The summed E-state index contributed by atoms with van der Waals surface area (Å²) in [4.78, 5) is 15.8. The van der Waals surface area contributed by atoms with E-state index in [-0.39, 0.29) is 17.4 Å². The number of halogens is 1. The molecule has 0 spiro atoms. The predicted molar refractivity (Wildman–Crippen MR) is 65.0 cm³/mol. The van der Waals surface area contributed by atoms with Crippen molar-refractivity contribution in [1.82, 2.24) is 10.3 Å². The number of anilines is 1. The molecule has 0 bridgehead atoms. The molecule has 1 amide bonds. The van der Waals surface area contributed by atoms with E-state index < -0.39 is 11.7 Å². The van der Waals surface area contributed by atoms with Crippen LogP contribution in [-0.2, 0) is 4.74 Å². The van der Waals surface area contributed by atoms with Crippen molar-refractivity contribution in [2.45, 2.75) is 18.9 Å². The zero-order chi connectivity index (χ0) is 13.0. The summed E-state index contributed by atoms with van der Waals surface area (Å²) in [5.74, 6) is -0.947. The van der Waals surface area contributed by atoms with Gasteiger partial charge in [0.25, 0.3) is 5.91 Å². The first-order chi connectivity index (χ1) is 8.72. The van der Waals surface area contributed by atoms with Crippen LogP contribution in [0.25, 0.3) is 0 Å². The molecule has 0 aromatic carbocycles. The zero-order valence-corrected chi connectivity index (χ0v) is 10.2. The van der Waals surface area contributed by atoms with Gasteiger partial charge in [0.1, 0.15) is 0 Å². The van der Waals surface area contributed by atoms with Crippen LogP contribution in [0.1, 0.15) is 23.2 Å². The van der Waals surface area contributed by atoms with Gasteiger partial charge in [0.15, 0.2) is 11.6 Å². The number of amides is 1. The molecule has 1 aromatic heterocycles. The molecule has 0 atom stereocenters. The molecule has 0 radical (unpaired) electrons. The van der Waals surface area contributed by atoms with E-state index in [1.54, 1.807) is 7.05 Å². The highest BCUT2D eigenvalue weighted by Crippen LogP contribution is 2.15. The molecule has 2 heterocycles. The lowest BCUT2D eigenvalue weighted by molar-refractivity contribution is 0.0694. The lowest BCUT2D eigenvalue weighted by Gasteiger charge is -2.23. The van der Waals surface area contributed by atoms with Crippen LogP contribution in [0.15, 0.2) is 12.3 Å². The SMILES string of the molecule is CNc1nccc(C(=O)NC2CCOCC2)c1F. The van der Waals surface area contributed by atoms with E-state index in [0.29, 0.717) is 13.2 Å². The average molecular weight is 253 g/mol. The minimum absolute atomic E-state index is 0.0147. The van der Waals surface area contributed by atoms with E-state index in [1.807, 2.05) is 0 Å². The maximum atomic E-state index is 13.9. The summed E-state index contributed by atoms with van der Waals surface area (Å²) in [6, 6.07) is 1.43. The Bertz CT molecular complexity index is 433. The van der Waals surface area contributed by atoms with Crippen LogP contribution in [0.5, 0.6) is 0 Å². The van der Waals surface area contributed by atoms with Gasteiger partial charge in [-0.3, -0.25) is 4.79 Å². The molecule has 0 saturated carbocycles. The van der Waals surface area contributed by atoms with E-state index in [1.165, 1.54) is 12.3 Å². The summed E-state index contributed by atoms with van der Waals surface area (Å²) >= 11 is 0. The largest absolute Gasteiger partial charge is 0.381 e. The molecule has 1 aliphatic rings. The summed E-state index contributed by atoms with van der Waals surface area (Å²) in [7, 11) is 1.56. The van der Waals surface area contributed by atoms with Crippen molar-refractivity contribution in [2.75, 3.05) is 25.6 Å². The first-order valence-electron chi connectivity index (χ1n) is 5.93. The second kappa shape index (κ2) is 5.77. The van der Waals surface area contributed by atoms with Crippen molar-refractivity contribution < 1.29 is 13.9 Å². The molecule has 5 nitrogen and oxygen atoms in total. The van der Waals surface area contributed by atoms with Crippen molar-refractivity contribution in [3.8, 4) is 0 Å². The van der Waals surface area contributed by atoms with Crippen LogP contribution in [0.4, 0.5) is 10.2 Å². The molecule has 6 heteroatoms. The first kappa shape index (κ1) is 12.8. The minimum Gasteiger partial charge on any atom is -0.381 e. The van der Waals surface area contributed by atoms with Crippen molar-refractivity contribution in [2.24, 2.45) is 0 Å². The van der Waals surface area contributed by atoms with Gasteiger partial charge >= 0.3 is 0 Å². The Morgan fingerprint density at radius 2 is 2.22 bits per heavy atom. The molecule has 1 aromatic rings. The Hall–Kier alpha value is -1.69. The minimum atomic E-state index is -0.621. The first-order valence-corrected chi connectivity index (χ1v) is 5.93. The molecule has 2 rings (SSSR count). The molecular weight excluding hydrogens is 237 g/mol. The van der Waals surface area contributed by atoms with Crippen LogP contribution in [0.2, 0.25) is 0 Å². The second-order valence-electron chi connectivity index (χ2n) is 4.13. The van der Waals surface area contributed by atoms with Crippen molar-refractivity contribution in [3.63, 3.8) is 0 Å². The molecule has 98 valence electrons. The van der Waals surface area contributed by atoms with E-state index in [4.69, 9.17) is 4.74 Å². The van der Waals surface area contributed by atoms with Crippen molar-refractivity contribution >= 4 is 11.7 Å². The predicted octanol–water partition coefficient (Wildman–Crippen LogP) is 1.17. The highest BCUT2D eigenvalue weighted by molar-refractivity contribution is 5.95. The molecule has 0 unspecified atom stereocenters. The number of rotatable bonds is 3. The van der Waals surface area contributed by atoms with Gasteiger partial charge in [-0.05, 0) is 18.9 Å². The van der Waals surface area contributed by atoms with Crippen molar-refractivity contribution in [3.05, 3.63) is 23.6 Å². The molecule has 18 heavy (non-hydrogen) atoms. The van der Waals surface area contributed by atoms with Crippen molar-refractivity contribution in [1.29, 1.82) is 0 Å². The van der Waals surface area contributed by atoms with Crippen LogP contribution in [-0.4, -0.2) is 37.2 Å². The smallest absolute Gasteiger partial charge is 0.254 e. The third-order valence-electron chi connectivity index (χ3n) is 2.93. The van der Waals surface area contributed by atoms with Gasteiger partial charge in [-0.1, -0.05) is 0 Å². The van der Waals surface area contributed by atoms with Gasteiger partial charge in [0, 0.05) is 32.5 Å². The molecule has 0 aliphatic carbocycles. The number of nitrogens with one attached hydrogen (secondary N) is 2. The fraction of sp³-hybridized carbons (Fsp3) is 0.500. The zero-order valence-electron chi connectivity index (χ0n) is 10.2. The number of ether oxygens (including phenoxy) is 1. The standard InChI is InChI=1S/C12H16FN3O2/c1-14-11-10(13)9(2-5-15-11)12(17)16-8-3-6-18-7-4-8/h2,5,8H,3-4,6-7H2,1H3,(H,14,15)(H,16,17). The van der Waals surface area contributed by atoms with Gasteiger partial charge in [-0.2, -0.15) is 0 Å². The van der Waals surface area contributed by atoms with E-state index in [0.717, 1.165) is 12.8 Å². The molecule has 1 saturated heterocycles. The Morgan fingerprint density at radius 3 is 2.89 bits per heavy atom. The fourth-order valence-electron chi connectivity index (χ4n) is 1.90. The Labute approximate surface area is 105 Å². The van der Waals surface area contributed by atoms with E-state index in [9.17, 15) is 9.18 Å². The summed E-state index contributed by atoms with van der Waals surface area (Å²) in [5, 5.41) is 5.42. The number of hydrogen-bond acceptors (Lipinski definition) is 4. The number of nitrogens with zero attached hydrogens (tertiary/aromatic N) is 1. The highest BCUT2D eigenvalue weighted by Gasteiger charge is 2.20. The lowest BCUT2D eigenvalue weighted by Crippen LogP contribution is -2.39. The number of carbonyl (C=O) groups excluding carboxylic acids is 1. The van der Waals surface area contributed by atoms with Crippen LogP contribution < -0.4 is 10.6 Å². The Balaban J connectivity index is 2.08. The molecular formula is C12H16FN3O2. The van der Waals surface area contributed by atoms with Gasteiger partial charge < -0.3 is 15.4 Å². The summed E-state index contributed by atoms with van der Waals surface area (Å²) in [6.07, 6.45) is 2.93. The van der Waals surface area contributed by atoms with Crippen LogP contribution in [0.3, 0.4) is 0 Å². The number of hydrogen-bond donors (Lipinski definition) is 2. The Kier molecular flexibility index (Phi) is 4.09. The highest BCUT2D eigenvalue weighted by atomic mass is 19.1. The third kappa shape index (κ3) is 2.76. The van der Waals surface area contributed by atoms with E-state index >= 15 is 0 Å². The summed E-state index contributed by atoms with van der Waals surface area (Å²) in [6.45, 7) is 1.26. The molecule has 2 N–H and O–H groups in total. The topological polar surface area (TPSA) is 63.2 Å². The van der Waals surface area contributed by atoms with Gasteiger partial charge in [-0.15, -0.1) is 0 Å². The number of carbonyl (C=O) groups is 1. The number of pyridine rings is 1. The molecule has 1 aliphatic heterocycles. The fourth-order valence-corrected chi connectivity index (χ4v) is 1.90.